The van der Waals surface area contributed by atoms with Crippen LogP contribution in [0.2, 0.25) is 0 Å². The van der Waals surface area contributed by atoms with Gasteiger partial charge in [0.2, 0.25) is 0 Å². The molecule has 0 fully saturated rings. The largest absolute Gasteiger partial charge is 0.251 e. The average molecular weight is 167 g/mol. The van der Waals surface area contributed by atoms with Crippen LogP contribution in [0.25, 0.3) is 10.4 Å². The maximum absolute atomic E-state index is 10.5. The van der Waals surface area contributed by atoms with E-state index in [0.717, 1.165) is 0 Å². The van der Waals surface area contributed by atoms with E-state index in [0.29, 0.717) is 0 Å². The summed E-state index contributed by atoms with van der Waals surface area (Å²) >= 11 is 0. The molecule has 0 rings (SSSR count). The van der Waals surface area contributed by atoms with Crippen molar-refractivity contribution < 1.29 is 8.42 Å². The van der Waals surface area contributed by atoms with Gasteiger partial charge in [-0.3, -0.25) is 0 Å². The highest BCUT2D eigenvalue weighted by Crippen LogP contribution is 2.34. The first-order chi connectivity index (χ1) is 4.00. The topological polar surface area (TPSA) is 82.9 Å². The number of rotatable bonds is 2. The van der Waals surface area contributed by atoms with Crippen LogP contribution in [0.3, 0.4) is 0 Å². The van der Waals surface area contributed by atoms with E-state index in [9.17, 15) is 8.42 Å². The van der Waals surface area contributed by atoms with Gasteiger partial charge in [0, 0.05) is 16.6 Å². The van der Waals surface area contributed by atoms with Crippen molar-refractivity contribution in [3.8, 4) is 0 Å². The average Bonchev–Trinajstić information content (AvgIpc) is 1.65. The summed E-state index contributed by atoms with van der Waals surface area (Å²) in [5, 5.41) is 0. The highest BCUT2D eigenvalue weighted by molar-refractivity contribution is 8.49. The molecule has 0 aromatic heterocycles. The first-order valence-electron chi connectivity index (χ1n) is 1.99. The van der Waals surface area contributed by atoms with Crippen LogP contribution < -0.4 is 0 Å². The molecule has 7 heteroatoms. The van der Waals surface area contributed by atoms with Crippen LogP contribution in [0.15, 0.2) is 4.52 Å². The number of hydrogen-bond donors (Lipinski definition) is 0. The monoisotopic (exact) mass is 167 g/mol. The summed E-state index contributed by atoms with van der Waals surface area (Å²) in [5.41, 5.74) is 7.74. The maximum Gasteiger partial charge on any atom is 0.251 e. The van der Waals surface area contributed by atoms with Gasteiger partial charge < -0.3 is 0 Å². The number of azide groups is 1. The van der Waals surface area contributed by atoms with Crippen molar-refractivity contribution in [1.29, 1.82) is 0 Å². The van der Waals surface area contributed by atoms with Gasteiger partial charge in [-0.05, 0) is 18.9 Å². The second-order valence-electron chi connectivity index (χ2n) is 1.43. The number of nitrogens with zero attached hydrogens (tertiary/aromatic N) is 3. The Hall–Kier alpha value is -0.310. The molecular weight excluding hydrogens is 161 g/mol. The highest BCUT2D eigenvalue weighted by Gasteiger charge is 2.11. The Morgan fingerprint density at radius 2 is 2.00 bits per heavy atom. The predicted octanol–water partition coefficient (Wildman–Crippen LogP) is 1.28. The molecule has 0 unspecified atom stereocenters. The third kappa shape index (κ3) is 2.65. The molecule has 0 saturated carbocycles. The van der Waals surface area contributed by atoms with Crippen LogP contribution >= 0.6 is 7.12 Å². The second-order valence-corrected chi connectivity index (χ2v) is 7.69. The van der Waals surface area contributed by atoms with E-state index in [1.54, 1.807) is 0 Å². The van der Waals surface area contributed by atoms with Crippen LogP contribution in [0.4, 0.5) is 0 Å². The summed E-state index contributed by atoms with van der Waals surface area (Å²) in [6.45, 7) is 3.03. The predicted molar refractivity (Wildman–Crippen MR) is 36.8 cm³/mol. The van der Waals surface area contributed by atoms with Gasteiger partial charge in [0.1, 0.15) is 0 Å². The molecule has 5 nitrogen and oxygen atoms in total. The smallest absolute Gasteiger partial charge is 0.217 e. The normalized spacial score (nSPS) is 11.0. The van der Waals surface area contributed by atoms with Gasteiger partial charge in [-0.15, -0.1) is 0 Å². The van der Waals surface area contributed by atoms with E-state index >= 15 is 0 Å². The van der Waals surface area contributed by atoms with E-state index in [4.69, 9.17) is 5.53 Å². The van der Waals surface area contributed by atoms with Gasteiger partial charge in [-0.1, -0.05) is 0 Å². The van der Waals surface area contributed by atoms with Crippen LogP contribution in [-0.2, 0) is 9.64 Å². The minimum absolute atomic E-state index is 1.20. The SMILES string of the molecule is CP(C)S(=O)(=O)N=[N+]=[N-]. The molecule has 0 radical (unpaired) electrons. The Labute approximate surface area is 54.2 Å². The summed E-state index contributed by atoms with van der Waals surface area (Å²) in [7, 11) is -4.67. The fourth-order valence-corrected chi connectivity index (χ4v) is 0.894. The lowest BCUT2D eigenvalue weighted by Gasteiger charge is -1.96. The van der Waals surface area contributed by atoms with Gasteiger partial charge in [0.15, 0.2) is 0 Å². The van der Waals surface area contributed by atoms with Crippen LogP contribution in [0.1, 0.15) is 0 Å². The minimum atomic E-state index is -3.48. The minimum Gasteiger partial charge on any atom is -0.217 e. The van der Waals surface area contributed by atoms with Gasteiger partial charge in [0.05, 0.1) is 0 Å². The maximum atomic E-state index is 10.5. The molecule has 52 valence electrons. The molecule has 0 N–H and O–H groups in total. The van der Waals surface area contributed by atoms with E-state index < -0.39 is 16.8 Å². The van der Waals surface area contributed by atoms with Crippen molar-refractivity contribution in [2.24, 2.45) is 4.52 Å². The summed E-state index contributed by atoms with van der Waals surface area (Å²) in [5.74, 6) is 0. The first kappa shape index (κ1) is 8.69. The molecule has 0 aliphatic rings. The van der Waals surface area contributed by atoms with Gasteiger partial charge >= 0.3 is 0 Å². The molecular formula is C2H6N3O2PS. The zero-order chi connectivity index (χ0) is 7.49. The fourth-order valence-electron chi connectivity index (χ4n) is 0.119. The third-order valence-electron chi connectivity index (χ3n) is 0.601. The fraction of sp³-hybridized carbons (Fsp3) is 1.00. The van der Waals surface area contributed by atoms with E-state index in [-0.39, 0.29) is 0 Å². The third-order valence-corrected chi connectivity index (χ3v) is 4.79. The van der Waals surface area contributed by atoms with Crippen LogP contribution in [0.5, 0.6) is 0 Å². The zero-order valence-electron chi connectivity index (χ0n) is 5.01. The van der Waals surface area contributed by atoms with E-state index in [1.807, 2.05) is 0 Å². The Morgan fingerprint density at radius 1 is 1.56 bits per heavy atom. The Kier molecular flexibility index (Phi) is 2.91. The van der Waals surface area contributed by atoms with Crippen molar-refractivity contribution >= 4 is 16.8 Å². The number of hydrogen-bond acceptors (Lipinski definition) is 2. The van der Waals surface area contributed by atoms with Gasteiger partial charge in [-0.25, -0.2) is 8.42 Å². The molecule has 0 aromatic rings. The van der Waals surface area contributed by atoms with Crippen molar-refractivity contribution in [3.63, 3.8) is 0 Å². The van der Waals surface area contributed by atoms with Gasteiger partial charge in [-0.2, -0.15) is 0 Å². The standard InChI is InChI=1S/C2H6N3O2PS/c1-8(2)9(6,7)5-4-3/h1-2H3. The lowest BCUT2D eigenvalue weighted by atomic mass is 11.9. The Bertz CT molecular complexity index is 226. The first-order valence-corrected chi connectivity index (χ1v) is 6.27. The van der Waals surface area contributed by atoms with Gasteiger partial charge in [0.25, 0.3) is 9.64 Å². The van der Waals surface area contributed by atoms with E-state index in [2.05, 4.69) is 9.43 Å². The lowest BCUT2D eigenvalue weighted by Crippen LogP contribution is -1.87. The molecule has 0 amide bonds. The lowest BCUT2D eigenvalue weighted by molar-refractivity contribution is 0.611. The van der Waals surface area contributed by atoms with Crippen LogP contribution in [0, 0.1) is 0 Å². The Balaban J connectivity index is 4.62. The quantitative estimate of drug-likeness (QED) is 0.268. The summed E-state index contributed by atoms with van der Waals surface area (Å²) < 4.78 is 23.7. The Morgan fingerprint density at radius 3 is 2.11 bits per heavy atom. The van der Waals surface area contributed by atoms with Crippen LogP contribution in [-0.4, -0.2) is 21.7 Å². The molecule has 0 aliphatic heterocycles. The summed E-state index contributed by atoms with van der Waals surface area (Å²) in [4.78, 5) is 2.18. The summed E-state index contributed by atoms with van der Waals surface area (Å²) in [6.07, 6.45) is 0. The molecule has 0 aliphatic carbocycles. The molecule has 0 bridgehead atoms. The zero-order valence-corrected chi connectivity index (χ0v) is 6.72. The van der Waals surface area contributed by atoms with Crippen molar-refractivity contribution in [3.05, 3.63) is 10.4 Å². The molecule has 0 atom stereocenters. The molecule has 0 aromatic carbocycles. The second kappa shape index (κ2) is 3.01. The molecule has 0 saturated heterocycles. The highest BCUT2D eigenvalue weighted by atomic mass is 32.8. The molecule has 0 spiro atoms. The molecule has 0 heterocycles. The van der Waals surface area contributed by atoms with E-state index in [1.165, 1.54) is 13.3 Å². The van der Waals surface area contributed by atoms with Crippen molar-refractivity contribution in [1.82, 2.24) is 0 Å². The van der Waals surface area contributed by atoms with Crippen molar-refractivity contribution in [2.75, 3.05) is 13.3 Å². The molecule has 9 heavy (non-hydrogen) atoms. The summed E-state index contributed by atoms with van der Waals surface area (Å²) in [6, 6.07) is 0. The van der Waals surface area contributed by atoms with Crippen molar-refractivity contribution in [2.45, 2.75) is 0 Å².